The second-order valence-electron chi connectivity index (χ2n) is 2.25. The van der Waals surface area contributed by atoms with Crippen LogP contribution < -0.4 is 0 Å². The van der Waals surface area contributed by atoms with Crippen LogP contribution in [0.25, 0.3) is 0 Å². The van der Waals surface area contributed by atoms with Crippen molar-refractivity contribution in [3.8, 4) is 0 Å². The fourth-order valence-electron chi connectivity index (χ4n) is 0.698. The number of aryl methyl sites for hydroxylation is 2. The summed E-state index contributed by atoms with van der Waals surface area (Å²) in [6, 6.07) is 6.05. The van der Waals surface area contributed by atoms with E-state index in [2.05, 4.69) is 6.07 Å². The van der Waals surface area contributed by atoms with E-state index in [1.54, 1.807) is 0 Å². The predicted octanol–water partition coefficient (Wildman–Crippen LogP) is 6.04. The summed E-state index contributed by atoms with van der Waals surface area (Å²) in [5, 5.41) is 0.856. The summed E-state index contributed by atoms with van der Waals surface area (Å²) in [4.78, 5) is 0. The van der Waals surface area contributed by atoms with Gasteiger partial charge >= 0.3 is 0 Å². The molecule has 0 fully saturated rings. The van der Waals surface area contributed by atoms with E-state index in [4.69, 9.17) is 11.6 Å². The molecule has 0 radical (unpaired) electrons. The fourth-order valence-corrected chi connectivity index (χ4v) is 0.933. The average Bonchev–Trinajstić information content (AvgIpc) is 2.32. The summed E-state index contributed by atoms with van der Waals surface area (Å²) in [5.74, 6) is 0. The van der Waals surface area contributed by atoms with Gasteiger partial charge in [0.25, 0.3) is 0 Å². The summed E-state index contributed by atoms with van der Waals surface area (Å²) < 4.78 is 0. The van der Waals surface area contributed by atoms with Gasteiger partial charge in [-0.2, -0.15) is 0 Å². The molecule has 90 valence electrons. The molecule has 0 N–H and O–H groups in total. The Kier molecular flexibility index (Phi) is 21.3. The van der Waals surface area contributed by atoms with E-state index in [0.717, 1.165) is 10.6 Å². The first-order valence-corrected chi connectivity index (χ1v) is 6.30. The highest BCUT2D eigenvalue weighted by atomic mass is 35.5. The van der Waals surface area contributed by atoms with Gasteiger partial charge in [0.05, 0.1) is 0 Å². The SMILES string of the molecule is CC.CC.CC.Cc1ccc(C)c(Cl)c1. The lowest BCUT2D eigenvalue weighted by molar-refractivity contribution is 1.40. The quantitative estimate of drug-likeness (QED) is 0.510. The zero-order valence-corrected chi connectivity index (χ0v) is 12.4. The third-order valence-corrected chi connectivity index (χ3v) is 1.73. The Labute approximate surface area is 102 Å². The third kappa shape index (κ3) is 11.4. The minimum absolute atomic E-state index is 0.856. The summed E-state index contributed by atoms with van der Waals surface area (Å²) in [6.45, 7) is 16.0. The molecule has 15 heavy (non-hydrogen) atoms. The maximum Gasteiger partial charge on any atom is 0.0437 e. The molecule has 0 spiro atoms. The minimum Gasteiger partial charge on any atom is -0.0840 e. The molecule has 0 aromatic heterocycles. The van der Waals surface area contributed by atoms with Crippen LogP contribution in [0.5, 0.6) is 0 Å². The molecule has 0 nitrogen and oxygen atoms in total. The van der Waals surface area contributed by atoms with Crippen molar-refractivity contribution >= 4 is 11.6 Å². The van der Waals surface area contributed by atoms with Crippen LogP contribution >= 0.6 is 11.6 Å². The monoisotopic (exact) mass is 230 g/mol. The van der Waals surface area contributed by atoms with Gasteiger partial charge in [-0.3, -0.25) is 0 Å². The van der Waals surface area contributed by atoms with Gasteiger partial charge in [0.15, 0.2) is 0 Å². The first-order valence-electron chi connectivity index (χ1n) is 5.93. The molecule has 0 unspecified atom stereocenters. The average molecular weight is 231 g/mol. The van der Waals surface area contributed by atoms with E-state index < -0.39 is 0 Å². The number of halogens is 1. The smallest absolute Gasteiger partial charge is 0.0437 e. The third-order valence-electron chi connectivity index (χ3n) is 1.33. The lowest BCUT2D eigenvalue weighted by Gasteiger charge is -1.96. The zero-order valence-electron chi connectivity index (χ0n) is 11.6. The van der Waals surface area contributed by atoms with Crippen LogP contribution in [0.1, 0.15) is 52.7 Å². The van der Waals surface area contributed by atoms with Gasteiger partial charge < -0.3 is 0 Å². The van der Waals surface area contributed by atoms with Crippen LogP contribution in [0.15, 0.2) is 18.2 Å². The lowest BCUT2D eigenvalue weighted by atomic mass is 10.2. The topological polar surface area (TPSA) is 0 Å². The normalized spacial score (nSPS) is 7.00. The van der Waals surface area contributed by atoms with E-state index in [0.29, 0.717) is 0 Å². The maximum absolute atomic E-state index is 5.81. The van der Waals surface area contributed by atoms with E-state index in [9.17, 15) is 0 Å². The van der Waals surface area contributed by atoms with E-state index in [1.165, 1.54) is 5.56 Å². The molecule has 0 atom stereocenters. The second kappa shape index (κ2) is 16.0. The molecule has 1 heteroatoms. The minimum atomic E-state index is 0.856. The van der Waals surface area contributed by atoms with Gasteiger partial charge in [0, 0.05) is 5.02 Å². The molecule has 0 saturated carbocycles. The van der Waals surface area contributed by atoms with Crippen molar-refractivity contribution in [2.24, 2.45) is 0 Å². The summed E-state index contributed by atoms with van der Waals surface area (Å²) in [7, 11) is 0. The molecule has 1 rings (SSSR count). The molecular weight excluding hydrogens is 204 g/mol. The Balaban J connectivity index is -0.000000208. The van der Waals surface area contributed by atoms with E-state index in [-0.39, 0.29) is 0 Å². The van der Waals surface area contributed by atoms with Crippen molar-refractivity contribution in [1.29, 1.82) is 0 Å². The Morgan fingerprint density at radius 2 is 1.20 bits per heavy atom. The maximum atomic E-state index is 5.81. The molecule has 0 aliphatic rings. The standard InChI is InChI=1S/C8H9Cl.3C2H6/c1-6-3-4-7(2)8(9)5-6;3*1-2/h3-5H,1-2H3;3*1-2H3. The van der Waals surface area contributed by atoms with E-state index in [1.807, 2.05) is 67.5 Å². The lowest BCUT2D eigenvalue weighted by Crippen LogP contribution is -1.75. The van der Waals surface area contributed by atoms with Crippen LogP contribution in [0.3, 0.4) is 0 Å². The molecule has 0 aliphatic heterocycles. The molecule has 0 saturated heterocycles. The van der Waals surface area contributed by atoms with Gasteiger partial charge in [-0.25, -0.2) is 0 Å². The van der Waals surface area contributed by atoms with Gasteiger partial charge in [-0.15, -0.1) is 0 Å². The molecule has 0 amide bonds. The summed E-state index contributed by atoms with van der Waals surface area (Å²) >= 11 is 5.81. The highest BCUT2D eigenvalue weighted by Gasteiger charge is 1.91. The van der Waals surface area contributed by atoms with Gasteiger partial charge in [-0.1, -0.05) is 65.3 Å². The Bertz CT molecular complexity index is 217. The Morgan fingerprint density at radius 1 is 0.800 bits per heavy atom. The second-order valence-corrected chi connectivity index (χ2v) is 2.66. The fraction of sp³-hybridized carbons (Fsp3) is 0.571. The van der Waals surface area contributed by atoms with Crippen molar-refractivity contribution in [3.63, 3.8) is 0 Å². The Morgan fingerprint density at radius 3 is 1.47 bits per heavy atom. The molecule has 0 aliphatic carbocycles. The number of rotatable bonds is 0. The summed E-state index contributed by atoms with van der Waals surface area (Å²) in [6.07, 6.45) is 0. The largest absolute Gasteiger partial charge is 0.0840 e. The van der Waals surface area contributed by atoms with Crippen molar-refractivity contribution < 1.29 is 0 Å². The van der Waals surface area contributed by atoms with Crippen LogP contribution in [-0.4, -0.2) is 0 Å². The van der Waals surface area contributed by atoms with Crippen molar-refractivity contribution in [2.75, 3.05) is 0 Å². The molecule has 1 aromatic carbocycles. The van der Waals surface area contributed by atoms with Crippen molar-refractivity contribution in [2.45, 2.75) is 55.4 Å². The highest BCUT2D eigenvalue weighted by molar-refractivity contribution is 6.31. The zero-order chi connectivity index (χ0) is 12.9. The molecule has 0 bridgehead atoms. The number of hydrogen-bond acceptors (Lipinski definition) is 0. The predicted molar refractivity (Wildman–Crippen MR) is 75.0 cm³/mol. The Hall–Kier alpha value is -0.490. The van der Waals surface area contributed by atoms with Gasteiger partial charge in [0.2, 0.25) is 0 Å². The number of hydrogen-bond donors (Lipinski definition) is 0. The molecule has 1 aromatic rings. The van der Waals surface area contributed by atoms with Crippen LogP contribution in [0.4, 0.5) is 0 Å². The van der Waals surface area contributed by atoms with Crippen molar-refractivity contribution in [1.82, 2.24) is 0 Å². The van der Waals surface area contributed by atoms with Gasteiger partial charge in [0.1, 0.15) is 0 Å². The van der Waals surface area contributed by atoms with Crippen molar-refractivity contribution in [3.05, 3.63) is 34.3 Å². The van der Waals surface area contributed by atoms with Gasteiger partial charge in [-0.05, 0) is 31.0 Å². The first kappa shape index (κ1) is 20.0. The molecule has 0 heterocycles. The van der Waals surface area contributed by atoms with Crippen LogP contribution in [0, 0.1) is 13.8 Å². The number of benzene rings is 1. The van der Waals surface area contributed by atoms with Crippen LogP contribution in [-0.2, 0) is 0 Å². The first-order chi connectivity index (χ1) is 7.20. The summed E-state index contributed by atoms with van der Waals surface area (Å²) in [5.41, 5.74) is 2.35. The van der Waals surface area contributed by atoms with E-state index >= 15 is 0 Å². The van der Waals surface area contributed by atoms with Crippen LogP contribution in [0.2, 0.25) is 5.02 Å². The molecular formula is C14H27Cl. The highest BCUT2D eigenvalue weighted by Crippen LogP contribution is 2.15.